The van der Waals surface area contributed by atoms with Crippen molar-refractivity contribution >= 4 is 11.8 Å². The van der Waals surface area contributed by atoms with Crippen LogP contribution in [-0.2, 0) is 9.59 Å². The van der Waals surface area contributed by atoms with Crippen molar-refractivity contribution in [2.24, 2.45) is 5.92 Å². The van der Waals surface area contributed by atoms with E-state index in [0.29, 0.717) is 12.6 Å². The van der Waals surface area contributed by atoms with Crippen molar-refractivity contribution in [3.8, 4) is 0 Å². The van der Waals surface area contributed by atoms with E-state index in [-0.39, 0.29) is 17.9 Å². The molecule has 0 spiro atoms. The topological polar surface area (TPSA) is 52.7 Å². The Balaban J connectivity index is 1.79. The third-order valence-electron chi connectivity index (χ3n) is 5.20. The van der Waals surface area contributed by atoms with Crippen LogP contribution >= 0.6 is 0 Å². The van der Waals surface area contributed by atoms with Gasteiger partial charge in [0.15, 0.2) is 0 Å². The molecule has 5 heteroatoms. The van der Waals surface area contributed by atoms with Crippen LogP contribution in [0, 0.1) is 5.92 Å². The van der Waals surface area contributed by atoms with Gasteiger partial charge in [0.05, 0.1) is 6.54 Å². The highest BCUT2D eigenvalue weighted by Gasteiger charge is 2.27. The summed E-state index contributed by atoms with van der Waals surface area (Å²) in [4.78, 5) is 27.9. The number of nitrogens with zero attached hydrogens (tertiary/aromatic N) is 2. The maximum absolute atomic E-state index is 12.5. The van der Waals surface area contributed by atoms with Gasteiger partial charge in [0.25, 0.3) is 0 Å². The molecule has 1 unspecified atom stereocenters. The number of likely N-dealkylation sites (N-methyl/N-ethyl adjacent to an activating group) is 1. The van der Waals surface area contributed by atoms with Crippen molar-refractivity contribution in [2.75, 3.05) is 26.7 Å². The molecule has 1 N–H and O–H groups in total. The molecule has 1 heterocycles. The summed E-state index contributed by atoms with van der Waals surface area (Å²) < 4.78 is 0. The smallest absolute Gasteiger partial charge is 0.236 e. The summed E-state index contributed by atoms with van der Waals surface area (Å²) >= 11 is 0. The number of piperidine rings is 1. The molecule has 2 fully saturated rings. The summed E-state index contributed by atoms with van der Waals surface area (Å²) in [6.45, 7) is 6.09. The van der Waals surface area contributed by atoms with Crippen LogP contribution in [-0.4, -0.2) is 60.4 Å². The van der Waals surface area contributed by atoms with E-state index < -0.39 is 0 Å². The first-order valence-corrected chi connectivity index (χ1v) is 8.71. The zero-order chi connectivity index (χ0) is 16.1. The Morgan fingerprint density at radius 3 is 2.50 bits per heavy atom. The molecule has 5 nitrogen and oxygen atoms in total. The van der Waals surface area contributed by atoms with Crippen LogP contribution in [0.2, 0.25) is 0 Å². The first kappa shape index (κ1) is 17.3. The largest absolute Gasteiger partial charge is 0.352 e. The second kappa shape index (κ2) is 7.95. The minimum atomic E-state index is 0.0200. The number of rotatable bonds is 4. The average Bonchev–Trinajstić information content (AvgIpc) is 2.47. The Morgan fingerprint density at radius 2 is 1.86 bits per heavy atom. The number of hydrogen-bond donors (Lipinski definition) is 1. The lowest BCUT2D eigenvalue weighted by atomic mass is 9.87. The summed E-state index contributed by atoms with van der Waals surface area (Å²) in [6, 6.07) is 0.611. The minimum absolute atomic E-state index is 0.0200. The van der Waals surface area contributed by atoms with E-state index in [1.54, 1.807) is 6.92 Å². The van der Waals surface area contributed by atoms with E-state index in [4.69, 9.17) is 0 Å². The molecule has 1 atom stereocenters. The van der Waals surface area contributed by atoms with Gasteiger partial charge < -0.3 is 10.2 Å². The molecule has 2 amide bonds. The number of likely N-dealkylation sites (tertiary alicyclic amines) is 1. The summed E-state index contributed by atoms with van der Waals surface area (Å²) in [7, 11) is 1.96. The fourth-order valence-electron chi connectivity index (χ4n) is 3.74. The Hall–Kier alpha value is -1.10. The fourth-order valence-corrected chi connectivity index (χ4v) is 3.74. The van der Waals surface area contributed by atoms with E-state index in [9.17, 15) is 9.59 Å². The van der Waals surface area contributed by atoms with E-state index in [2.05, 4.69) is 17.1 Å². The maximum atomic E-state index is 12.5. The predicted octanol–water partition coefficient (Wildman–Crippen LogP) is 1.62. The Bertz CT molecular complexity index is 391. The van der Waals surface area contributed by atoms with Gasteiger partial charge in [-0.3, -0.25) is 14.5 Å². The summed E-state index contributed by atoms with van der Waals surface area (Å²) in [5.41, 5.74) is 0. The van der Waals surface area contributed by atoms with Gasteiger partial charge in [-0.25, -0.2) is 0 Å². The molecule has 2 rings (SSSR count). The van der Waals surface area contributed by atoms with Crippen LogP contribution in [0.1, 0.15) is 52.4 Å². The van der Waals surface area contributed by atoms with E-state index >= 15 is 0 Å². The summed E-state index contributed by atoms with van der Waals surface area (Å²) in [5.74, 6) is 1.05. The van der Waals surface area contributed by atoms with Crippen molar-refractivity contribution in [1.29, 1.82) is 0 Å². The lowest BCUT2D eigenvalue weighted by molar-refractivity contribution is -0.134. The standard InChI is InChI=1S/C17H31N3O2/c1-13-6-8-16(9-7-13)19(3)17(22)12-20-10-4-5-15(11-20)18-14(2)21/h13,15-16H,4-12H2,1-3H3,(H,18,21). The van der Waals surface area contributed by atoms with E-state index in [1.165, 1.54) is 12.8 Å². The molecule has 0 aromatic carbocycles. The fraction of sp³-hybridized carbons (Fsp3) is 0.882. The third-order valence-corrected chi connectivity index (χ3v) is 5.20. The van der Waals surface area contributed by atoms with E-state index in [1.807, 2.05) is 11.9 Å². The molecule has 1 saturated carbocycles. The molecule has 1 aliphatic carbocycles. The van der Waals surface area contributed by atoms with Crippen molar-refractivity contribution in [3.05, 3.63) is 0 Å². The highest BCUT2D eigenvalue weighted by atomic mass is 16.2. The molecule has 0 radical (unpaired) electrons. The lowest BCUT2D eigenvalue weighted by Gasteiger charge is -2.37. The van der Waals surface area contributed by atoms with Crippen LogP contribution in [0.25, 0.3) is 0 Å². The average molecular weight is 309 g/mol. The predicted molar refractivity (Wildman–Crippen MR) is 87.5 cm³/mol. The number of nitrogens with one attached hydrogen (secondary N) is 1. The van der Waals surface area contributed by atoms with Crippen LogP contribution in [0.4, 0.5) is 0 Å². The Labute approximate surface area is 134 Å². The SMILES string of the molecule is CC(=O)NC1CCCN(CC(=O)N(C)C2CCC(C)CC2)C1. The third kappa shape index (κ3) is 4.97. The molecule has 2 aliphatic rings. The quantitative estimate of drug-likeness (QED) is 0.858. The van der Waals surface area contributed by atoms with Crippen molar-refractivity contribution < 1.29 is 9.59 Å². The Morgan fingerprint density at radius 1 is 1.18 bits per heavy atom. The second-order valence-electron chi connectivity index (χ2n) is 7.19. The molecule has 0 aromatic heterocycles. The van der Waals surface area contributed by atoms with Crippen LogP contribution < -0.4 is 5.32 Å². The van der Waals surface area contributed by atoms with Crippen LogP contribution in [0.15, 0.2) is 0 Å². The van der Waals surface area contributed by atoms with Gasteiger partial charge in [-0.2, -0.15) is 0 Å². The highest BCUT2D eigenvalue weighted by Crippen LogP contribution is 2.26. The van der Waals surface area contributed by atoms with Crippen LogP contribution in [0.5, 0.6) is 0 Å². The van der Waals surface area contributed by atoms with Gasteiger partial charge in [-0.15, -0.1) is 0 Å². The molecule has 0 bridgehead atoms. The summed E-state index contributed by atoms with van der Waals surface area (Å²) in [5, 5.41) is 2.98. The molecule has 22 heavy (non-hydrogen) atoms. The normalized spacial score (nSPS) is 29.9. The number of carbonyl (C=O) groups excluding carboxylic acids is 2. The van der Waals surface area contributed by atoms with Crippen molar-refractivity contribution in [2.45, 2.75) is 64.5 Å². The first-order valence-electron chi connectivity index (χ1n) is 8.71. The van der Waals surface area contributed by atoms with Crippen LogP contribution in [0.3, 0.4) is 0 Å². The van der Waals surface area contributed by atoms with Gasteiger partial charge in [0, 0.05) is 32.6 Å². The molecule has 1 aliphatic heterocycles. The van der Waals surface area contributed by atoms with Gasteiger partial charge in [0.2, 0.25) is 11.8 Å². The molecule has 0 aromatic rings. The first-order chi connectivity index (χ1) is 10.5. The number of carbonyl (C=O) groups is 2. The zero-order valence-electron chi connectivity index (χ0n) is 14.3. The number of amides is 2. The number of hydrogen-bond acceptors (Lipinski definition) is 3. The highest BCUT2D eigenvalue weighted by molar-refractivity contribution is 5.78. The van der Waals surface area contributed by atoms with Gasteiger partial charge in [-0.05, 0) is 51.0 Å². The molecular weight excluding hydrogens is 278 g/mol. The Kier molecular flexibility index (Phi) is 6.24. The molecule has 1 saturated heterocycles. The monoisotopic (exact) mass is 309 g/mol. The van der Waals surface area contributed by atoms with Crippen molar-refractivity contribution in [3.63, 3.8) is 0 Å². The summed E-state index contributed by atoms with van der Waals surface area (Å²) in [6.07, 6.45) is 6.80. The lowest BCUT2D eigenvalue weighted by Crippen LogP contribution is -2.51. The maximum Gasteiger partial charge on any atom is 0.236 e. The van der Waals surface area contributed by atoms with Crippen molar-refractivity contribution in [1.82, 2.24) is 15.1 Å². The second-order valence-corrected chi connectivity index (χ2v) is 7.19. The van der Waals surface area contributed by atoms with E-state index in [0.717, 1.165) is 44.7 Å². The van der Waals surface area contributed by atoms with Gasteiger partial charge in [0.1, 0.15) is 0 Å². The van der Waals surface area contributed by atoms with Gasteiger partial charge >= 0.3 is 0 Å². The molecule has 126 valence electrons. The molecular formula is C17H31N3O2. The zero-order valence-corrected chi connectivity index (χ0v) is 14.3. The van der Waals surface area contributed by atoms with Gasteiger partial charge in [-0.1, -0.05) is 6.92 Å². The minimum Gasteiger partial charge on any atom is -0.352 e.